The van der Waals surface area contributed by atoms with Gasteiger partial charge in [0.2, 0.25) is 0 Å². The summed E-state index contributed by atoms with van der Waals surface area (Å²) in [5.41, 5.74) is 1.25. The molecule has 1 aromatic carbocycles. The molecule has 0 bridgehead atoms. The Bertz CT molecular complexity index is 1030. The molecule has 3 rings (SSSR count). The lowest BCUT2D eigenvalue weighted by Gasteiger charge is -2.06. The molecule has 0 saturated heterocycles. The van der Waals surface area contributed by atoms with E-state index in [9.17, 15) is 14.4 Å². The van der Waals surface area contributed by atoms with Crippen LogP contribution in [-0.2, 0) is 16.1 Å². The van der Waals surface area contributed by atoms with Crippen molar-refractivity contribution in [2.75, 3.05) is 6.61 Å². The number of rotatable bonds is 6. The minimum absolute atomic E-state index is 0.123. The van der Waals surface area contributed by atoms with Crippen molar-refractivity contribution in [2.24, 2.45) is 0 Å². The number of amides is 3. The largest absolute Gasteiger partial charge is 0.467 e. The van der Waals surface area contributed by atoms with Gasteiger partial charge >= 0.3 is 12.0 Å². The monoisotopic (exact) mass is 433 g/mol. The molecule has 0 aliphatic carbocycles. The molecule has 0 aliphatic heterocycles. The zero-order valence-electron chi connectivity index (χ0n) is 15.2. The molecule has 2 aromatic heterocycles. The number of carbonyl (C=O) groups is 3. The number of esters is 1. The van der Waals surface area contributed by atoms with Gasteiger partial charge in [0.25, 0.3) is 5.91 Å². The third-order valence-corrected chi connectivity index (χ3v) is 5.07. The highest BCUT2D eigenvalue weighted by Gasteiger charge is 2.19. The van der Waals surface area contributed by atoms with Gasteiger partial charge in [0, 0.05) is 10.6 Å². The number of thiazole rings is 1. The smallest absolute Gasteiger partial charge is 0.350 e. The third-order valence-electron chi connectivity index (χ3n) is 3.64. The van der Waals surface area contributed by atoms with Crippen LogP contribution in [0.15, 0.2) is 47.1 Å². The predicted molar refractivity (Wildman–Crippen MR) is 107 cm³/mol. The van der Waals surface area contributed by atoms with E-state index in [2.05, 4.69) is 15.6 Å². The van der Waals surface area contributed by atoms with E-state index in [-0.39, 0.29) is 11.4 Å². The zero-order chi connectivity index (χ0) is 20.8. The molecular weight excluding hydrogens is 418 g/mol. The Morgan fingerprint density at radius 3 is 2.79 bits per heavy atom. The fourth-order valence-electron chi connectivity index (χ4n) is 2.31. The zero-order valence-corrected chi connectivity index (χ0v) is 16.8. The van der Waals surface area contributed by atoms with Crippen LogP contribution in [0.3, 0.4) is 0 Å². The first-order valence-corrected chi connectivity index (χ1v) is 9.62. The molecule has 10 heteroatoms. The fourth-order valence-corrected chi connectivity index (χ4v) is 3.46. The average molecular weight is 434 g/mol. The molecule has 2 N–H and O–H groups in total. The van der Waals surface area contributed by atoms with Crippen LogP contribution in [0.2, 0.25) is 5.02 Å². The summed E-state index contributed by atoms with van der Waals surface area (Å²) in [5.74, 6) is -0.915. The van der Waals surface area contributed by atoms with Gasteiger partial charge in [-0.05, 0) is 31.2 Å². The highest BCUT2D eigenvalue weighted by molar-refractivity contribution is 7.17. The second-order valence-electron chi connectivity index (χ2n) is 5.83. The molecular formula is C19H16ClN3O5S. The van der Waals surface area contributed by atoms with E-state index >= 15 is 0 Å². The maximum absolute atomic E-state index is 12.3. The number of ether oxygens (including phenoxy) is 1. The Kier molecular flexibility index (Phi) is 6.63. The Hall–Kier alpha value is -3.17. The molecule has 8 nitrogen and oxygen atoms in total. The lowest BCUT2D eigenvalue weighted by Crippen LogP contribution is -2.41. The SMILES string of the molecule is Cc1nc(-c2cccc(Cl)c2)sc1C(=O)OCC(=O)NC(=O)NCc1ccco1. The molecule has 3 amide bonds. The number of halogens is 1. The van der Waals surface area contributed by atoms with Crippen molar-refractivity contribution in [3.8, 4) is 10.6 Å². The van der Waals surface area contributed by atoms with Gasteiger partial charge in [-0.15, -0.1) is 11.3 Å². The summed E-state index contributed by atoms with van der Waals surface area (Å²) in [7, 11) is 0. The van der Waals surface area contributed by atoms with E-state index in [1.54, 1.807) is 37.3 Å². The summed E-state index contributed by atoms with van der Waals surface area (Å²) in [4.78, 5) is 40.4. The van der Waals surface area contributed by atoms with Gasteiger partial charge < -0.3 is 14.5 Å². The van der Waals surface area contributed by atoms with Crippen molar-refractivity contribution in [3.63, 3.8) is 0 Å². The summed E-state index contributed by atoms with van der Waals surface area (Å²) in [5, 5.41) is 5.68. The summed E-state index contributed by atoms with van der Waals surface area (Å²) >= 11 is 7.12. The van der Waals surface area contributed by atoms with Crippen molar-refractivity contribution in [1.82, 2.24) is 15.6 Å². The molecule has 150 valence electrons. The maximum Gasteiger partial charge on any atom is 0.350 e. The second-order valence-corrected chi connectivity index (χ2v) is 7.27. The molecule has 0 spiro atoms. The Morgan fingerprint density at radius 2 is 2.07 bits per heavy atom. The molecule has 3 aromatic rings. The average Bonchev–Trinajstić information content (AvgIpc) is 3.34. The number of nitrogens with one attached hydrogen (secondary N) is 2. The van der Waals surface area contributed by atoms with Crippen molar-refractivity contribution >= 4 is 40.8 Å². The van der Waals surface area contributed by atoms with Gasteiger partial charge in [0.1, 0.15) is 15.6 Å². The molecule has 0 unspecified atom stereocenters. The Morgan fingerprint density at radius 1 is 1.24 bits per heavy atom. The molecule has 29 heavy (non-hydrogen) atoms. The van der Waals surface area contributed by atoms with E-state index in [1.807, 2.05) is 6.07 Å². The van der Waals surface area contributed by atoms with Crippen LogP contribution in [0.4, 0.5) is 4.79 Å². The van der Waals surface area contributed by atoms with E-state index < -0.39 is 24.5 Å². The van der Waals surface area contributed by atoms with Crippen LogP contribution in [0.25, 0.3) is 10.6 Å². The standard InChI is InChI=1S/C19H16ClN3O5S/c1-11-16(29-17(22-11)12-4-2-5-13(20)8-12)18(25)28-10-15(24)23-19(26)21-9-14-6-3-7-27-14/h2-8H,9-10H2,1H3,(H2,21,23,24,26). The number of furan rings is 1. The maximum atomic E-state index is 12.3. The highest BCUT2D eigenvalue weighted by Crippen LogP contribution is 2.29. The number of imide groups is 1. The Balaban J connectivity index is 1.51. The molecule has 0 saturated carbocycles. The highest BCUT2D eigenvalue weighted by atomic mass is 35.5. The molecule has 0 fully saturated rings. The number of hydrogen-bond acceptors (Lipinski definition) is 7. The first kappa shape index (κ1) is 20.6. The lowest BCUT2D eigenvalue weighted by atomic mass is 10.2. The first-order valence-electron chi connectivity index (χ1n) is 8.43. The van der Waals surface area contributed by atoms with Crippen molar-refractivity contribution < 1.29 is 23.5 Å². The number of carbonyl (C=O) groups excluding carboxylic acids is 3. The van der Waals surface area contributed by atoms with Gasteiger partial charge in [-0.3, -0.25) is 10.1 Å². The number of benzene rings is 1. The number of urea groups is 1. The normalized spacial score (nSPS) is 10.4. The quantitative estimate of drug-likeness (QED) is 0.575. The second kappa shape index (κ2) is 9.35. The van der Waals surface area contributed by atoms with Crippen LogP contribution >= 0.6 is 22.9 Å². The van der Waals surface area contributed by atoms with E-state index in [0.717, 1.165) is 16.9 Å². The van der Waals surface area contributed by atoms with Crippen molar-refractivity contribution in [2.45, 2.75) is 13.5 Å². The minimum atomic E-state index is -0.757. The minimum Gasteiger partial charge on any atom is -0.467 e. The van der Waals surface area contributed by atoms with Crippen LogP contribution in [-0.4, -0.2) is 29.5 Å². The number of aryl methyl sites for hydroxylation is 1. The summed E-state index contributed by atoms with van der Waals surface area (Å²) in [6.45, 7) is 1.19. The van der Waals surface area contributed by atoms with E-state index in [0.29, 0.717) is 21.5 Å². The lowest BCUT2D eigenvalue weighted by molar-refractivity contribution is -0.123. The number of nitrogens with zero attached hydrogens (tertiary/aromatic N) is 1. The van der Waals surface area contributed by atoms with Crippen LogP contribution < -0.4 is 10.6 Å². The summed E-state index contributed by atoms with van der Waals surface area (Å²) in [6, 6.07) is 9.73. The molecule has 2 heterocycles. The van der Waals surface area contributed by atoms with E-state index in [4.69, 9.17) is 20.8 Å². The molecule has 0 radical (unpaired) electrons. The van der Waals surface area contributed by atoms with Crippen LogP contribution in [0, 0.1) is 6.92 Å². The fraction of sp³-hybridized carbons (Fsp3) is 0.158. The Labute approximate surface area is 174 Å². The van der Waals surface area contributed by atoms with E-state index in [1.165, 1.54) is 6.26 Å². The van der Waals surface area contributed by atoms with Crippen molar-refractivity contribution in [3.05, 3.63) is 64.0 Å². The molecule has 0 atom stereocenters. The van der Waals surface area contributed by atoms with Crippen LogP contribution in [0.1, 0.15) is 21.1 Å². The topological polar surface area (TPSA) is 111 Å². The summed E-state index contributed by atoms with van der Waals surface area (Å²) < 4.78 is 10.0. The third kappa shape index (κ3) is 5.66. The number of aromatic nitrogens is 1. The molecule has 0 aliphatic rings. The van der Waals surface area contributed by atoms with Gasteiger partial charge in [-0.2, -0.15) is 0 Å². The summed E-state index contributed by atoms with van der Waals surface area (Å²) in [6.07, 6.45) is 1.47. The first-order chi connectivity index (χ1) is 13.9. The number of hydrogen-bond donors (Lipinski definition) is 2. The van der Waals surface area contributed by atoms with Crippen molar-refractivity contribution in [1.29, 1.82) is 0 Å². The van der Waals surface area contributed by atoms with Crippen LogP contribution in [0.5, 0.6) is 0 Å². The van der Waals surface area contributed by atoms with Gasteiger partial charge in [0.15, 0.2) is 6.61 Å². The predicted octanol–water partition coefficient (Wildman–Crippen LogP) is 3.55. The van der Waals surface area contributed by atoms with Gasteiger partial charge in [-0.25, -0.2) is 14.6 Å². The van der Waals surface area contributed by atoms with Gasteiger partial charge in [-0.1, -0.05) is 23.7 Å². The van der Waals surface area contributed by atoms with Gasteiger partial charge in [0.05, 0.1) is 18.5 Å².